The zero-order valence-electron chi connectivity index (χ0n) is 10.3. The molecule has 0 radical (unpaired) electrons. The minimum absolute atomic E-state index is 0.338. The van der Waals surface area contributed by atoms with Gasteiger partial charge in [-0.05, 0) is 25.0 Å². The molecule has 1 atom stereocenters. The maximum Gasteiger partial charge on any atom is 0.150 e. The number of aldehydes is 1. The van der Waals surface area contributed by atoms with Gasteiger partial charge in [0, 0.05) is 25.2 Å². The van der Waals surface area contributed by atoms with E-state index >= 15 is 0 Å². The molecule has 3 heteroatoms. The van der Waals surface area contributed by atoms with Crippen LogP contribution in [-0.2, 0) is 11.2 Å². The lowest BCUT2D eigenvalue weighted by atomic mass is 10.1. The Labute approximate surface area is 102 Å². The summed E-state index contributed by atoms with van der Waals surface area (Å²) in [6.07, 6.45) is 2.24. The van der Waals surface area contributed by atoms with Gasteiger partial charge in [0.2, 0.25) is 0 Å². The number of nitrogens with zero attached hydrogens (tertiary/aromatic N) is 1. The zero-order chi connectivity index (χ0) is 12.1. The first kappa shape index (κ1) is 12.3. The summed E-state index contributed by atoms with van der Waals surface area (Å²) in [7, 11) is 0. The van der Waals surface area contributed by atoms with E-state index in [9.17, 15) is 4.79 Å². The van der Waals surface area contributed by atoms with Crippen molar-refractivity contribution < 1.29 is 9.53 Å². The van der Waals surface area contributed by atoms with Crippen LogP contribution in [0.4, 0.5) is 0 Å². The number of rotatable bonds is 4. The molecule has 0 aliphatic carbocycles. The van der Waals surface area contributed by atoms with E-state index in [0.717, 1.165) is 44.5 Å². The largest absolute Gasteiger partial charge is 0.376 e. The summed E-state index contributed by atoms with van der Waals surface area (Å²) in [5, 5.41) is 0. The Bertz CT molecular complexity index is 378. The highest BCUT2D eigenvalue weighted by Crippen LogP contribution is 2.08. The average Bonchev–Trinajstić information content (AvgIpc) is 2.37. The van der Waals surface area contributed by atoms with Crippen LogP contribution < -0.4 is 0 Å². The third kappa shape index (κ3) is 3.65. The number of morpholine rings is 1. The number of benzene rings is 1. The maximum absolute atomic E-state index is 10.7. The first-order valence-corrected chi connectivity index (χ1v) is 6.16. The van der Waals surface area contributed by atoms with Crippen molar-refractivity contribution in [3.63, 3.8) is 0 Å². The molecule has 0 amide bonds. The van der Waals surface area contributed by atoms with Gasteiger partial charge in [-0.2, -0.15) is 0 Å². The Balaban J connectivity index is 1.86. The smallest absolute Gasteiger partial charge is 0.150 e. The van der Waals surface area contributed by atoms with Crippen molar-refractivity contribution in [3.05, 3.63) is 35.4 Å². The van der Waals surface area contributed by atoms with Crippen LogP contribution in [0.15, 0.2) is 24.3 Å². The number of hydrogen-bond donors (Lipinski definition) is 0. The predicted octanol–water partition coefficient (Wildman–Crippen LogP) is 1.76. The molecule has 0 spiro atoms. The SMILES string of the molecule is CC1CN(CCc2cccc(C=O)c2)CCO1. The van der Waals surface area contributed by atoms with E-state index in [-0.39, 0.29) is 0 Å². The second kappa shape index (κ2) is 5.94. The summed E-state index contributed by atoms with van der Waals surface area (Å²) in [5.74, 6) is 0. The van der Waals surface area contributed by atoms with E-state index in [0.29, 0.717) is 6.10 Å². The molecule has 0 aromatic heterocycles. The summed E-state index contributed by atoms with van der Waals surface area (Å²) < 4.78 is 5.51. The molecule has 1 aromatic carbocycles. The molecule has 1 aromatic rings. The van der Waals surface area contributed by atoms with Gasteiger partial charge in [0.15, 0.2) is 0 Å². The fraction of sp³-hybridized carbons (Fsp3) is 0.500. The minimum atomic E-state index is 0.338. The van der Waals surface area contributed by atoms with Crippen LogP contribution >= 0.6 is 0 Å². The molecule has 0 bridgehead atoms. The van der Waals surface area contributed by atoms with Crippen molar-refractivity contribution in [2.45, 2.75) is 19.4 Å². The van der Waals surface area contributed by atoms with Gasteiger partial charge in [0.05, 0.1) is 12.7 Å². The molecular weight excluding hydrogens is 214 g/mol. The zero-order valence-corrected chi connectivity index (χ0v) is 10.3. The van der Waals surface area contributed by atoms with Crippen LogP contribution in [0.5, 0.6) is 0 Å². The fourth-order valence-electron chi connectivity index (χ4n) is 2.20. The third-order valence-electron chi connectivity index (χ3n) is 3.13. The van der Waals surface area contributed by atoms with Gasteiger partial charge >= 0.3 is 0 Å². The van der Waals surface area contributed by atoms with Crippen molar-refractivity contribution in [1.29, 1.82) is 0 Å². The molecule has 1 unspecified atom stereocenters. The lowest BCUT2D eigenvalue weighted by Gasteiger charge is -2.31. The molecular formula is C14H19NO2. The Morgan fingerprint density at radius 3 is 3.18 bits per heavy atom. The fourth-order valence-corrected chi connectivity index (χ4v) is 2.20. The van der Waals surface area contributed by atoms with Crippen LogP contribution in [0.3, 0.4) is 0 Å². The number of carbonyl (C=O) groups excluding carboxylic acids is 1. The summed E-state index contributed by atoms with van der Waals surface area (Å²) in [6, 6.07) is 7.84. The van der Waals surface area contributed by atoms with Crippen LogP contribution in [0, 0.1) is 0 Å². The summed E-state index contributed by atoms with van der Waals surface area (Å²) in [5.41, 5.74) is 1.99. The standard InChI is InChI=1S/C14H19NO2/c1-12-10-15(7-8-17-12)6-5-13-3-2-4-14(9-13)11-16/h2-4,9,11-12H,5-8,10H2,1H3. The van der Waals surface area contributed by atoms with Crippen LogP contribution in [0.25, 0.3) is 0 Å². The lowest BCUT2D eigenvalue weighted by Crippen LogP contribution is -2.41. The summed E-state index contributed by atoms with van der Waals surface area (Å²) in [6.45, 7) is 6.00. The van der Waals surface area contributed by atoms with E-state index in [2.05, 4.69) is 17.9 Å². The van der Waals surface area contributed by atoms with E-state index in [4.69, 9.17) is 4.74 Å². The molecule has 1 aliphatic rings. The second-order valence-electron chi connectivity index (χ2n) is 4.59. The number of ether oxygens (including phenoxy) is 1. The molecule has 17 heavy (non-hydrogen) atoms. The topological polar surface area (TPSA) is 29.5 Å². The molecule has 1 fully saturated rings. The highest BCUT2D eigenvalue weighted by atomic mass is 16.5. The molecule has 92 valence electrons. The lowest BCUT2D eigenvalue weighted by molar-refractivity contribution is -0.0177. The van der Waals surface area contributed by atoms with E-state index in [1.165, 1.54) is 5.56 Å². The van der Waals surface area contributed by atoms with Crippen molar-refractivity contribution >= 4 is 6.29 Å². The normalized spacial score (nSPS) is 21.4. The second-order valence-corrected chi connectivity index (χ2v) is 4.59. The first-order valence-electron chi connectivity index (χ1n) is 6.16. The molecule has 1 saturated heterocycles. The van der Waals surface area contributed by atoms with E-state index in [1.807, 2.05) is 18.2 Å². The van der Waals surface area contributed by atoms with E-state index < -0.39 is 0 Å². The maximum atomic E-state index is 10.7. The monoisotopic (exact) mass is 233 g/mol. The van der Waals surface area contributed by atoms with Crippen LogP contribution in [0.1, 0.15) is 22.8 Å². The Kier molecular flexibility index (Phi) is 4.29. The van der Waals surface area contributed by atoms with Crippen molar-refractivity contribution in [3.8, 4) is 0 Å². The van der Waals surface area contributed by atoms with Crippen molar-refractivity contribution in [2.75, 3.05) is 26.2 Å². The molecule has 1 aliphatic heterocycles. The predicted molar refractivity (Wildman–Crippen MR) is 67.4 cm³/mol. The van der Waals surface area contributed by atoms with E-state index in [1.54, 1.807) is 0 Å². The quantitative estimate of drug-likeness (QED) is 0.742. The summed E-state index contributed by atoms with van der Waals surface area (Å²) in [4.78, 5) is 13.1. The van der Waals surface area contributed by atoms with Gasteiger partial charge < -0.3 is 4.74 Å². The van der Waals surface area contributed by atoms with Gasteiger partial charge in [-0.25, -0.2) is 0 Å². The molecule has 3 nitrogen and oxygen atoms in total. The van der Waals surface area contributed by atoms with Crippen LogP contribution in [0.2, 0.25) is 0 Å². The highest BCUT2D eigenvalue weighted by molar-refractivity contribution is 5.74. The van der Waals surface area contributed by atoms with Gasteiger partial charge in [0.1, 0.15) is 6.29 Å². The highest BCUT2D eigenvalue weighted by Gasteiger charge is 2.15. The molecule has 2 rings (SSSR count). The Morgan fingerprint density at radius 2 is 2.41 bits per heavy atom. The van der Waals surface area contributed by atoms with Crippen molar-refractivity contribution in [2.24, 2.45) is 0 Å². The summed E-state index contributed by atoms with van der Waals surface area (Å²) >= 11 is 0. The van der Waals surface area contributed by atoms with Gasteiger partial charge in [-0.1, -0.05) is 18.2 Å². The molecule has 0 saturated carbocycles. The van der Waals surface area contributed by atoms with Crippen LogP contribution in [-0.4, -0.2) is 43.5 Å². The Morgan fingerprint density at radius 1 is 1.53 bits per heavy atom. The van der Waals surface area contributed by atoms with Gasteiger partial charge in [-0.3, -0.25) is 9.69 Å². The minimum Gasteiger partial charge on any atom is -0.376 e. The third-order valence-corrected chi connectivity index (χ3v) is 3.13. The van der Waals surface area contributed by atoms with Gasteiger partial charge in [-0.15, -0.1) is 0 Å². The first-order chi connectivity index (χ1) is 8.28. The molecule has 0 N–H and O–H groups in total. The average molecular weight is 233 g/mol. The Hall–Kier alpha value is -1.19. The number of carbonyl (C=O) groups is 1. The van der Waals surface area contributed by atoms with Gasteiger partial charge in [0.25, 0.3) is 0 Å². The van der Waals surface area contributed by atoms with Crippen molar-refractivity contribution in [1.82, 2.24) is 4.90 Å². The number of hydrogen-bond acceptors (Lipinski definition) is 3. The molecule has 1 heterocycles.